The van der Waals surface area contributed by atoms with Crippen LogP contribution in [0, 0.1) is 0 Å². The lowest BCUT2D eigenvalue weighted by molar-refractivity contribution is -0.138. The van der Waals surface area contributed by atoms with E-state index in [0.717, 1.165) is 19.4 Å². The van der Waals surface area contributed by atoms with Crippen LogP contribution in [0.1, 0.15) is 33.6 Å². The first-order valence-corrected chi connectivity index (χ1v) is 4.61. The van der Waals surface area contributed by atoms with Crippen LogP contribution in [0.5, 0.6) is 0 Å². The molecule has 12 heavy (non-hydrogen) atoms. The molecule has 0 saturated carbocycles. The maximum atomic E-state index is 10.5. The van der Waals surface area contributed by atoms with Gasteiger partial charge in [-0.05, 0) is 19.4 Å². The van der Waals surface area contributed by atoms with E-state index in [1.54, 1.807) is 0 Å². The Balaban J connectivity index is 4.01. The third-order valence-electron chi connectivity index (χ3n) is 2.20. The molecule has 0 saturated heterocycles. The quantitative estimate of drug-likeness (QED) is 0.663. The third-order valence-corrected chi connectivity index (χ3v) is 2.20. The first kappa shape index (κ1) is 11.4. The Labute approximate surface area is 74.4 Å². The molecule has 0 aromatic carbocycles. The molecular formula is C9H19NO2. The Bertz CT molecular complexity index is 132. The van der Waals surface area contributed by atoms with Gasteiger partial charge in [-0.1, -0.05) is 20.8 Å². The van der Waals surface area contributed by atoms with Crippen LogP contribution in [0.4, 0.5) is 0 Å². The smallest absolute Gasteiger partial charge is 0.317 e. The predicted molar refractivity (Wildman–Crippen MR) is 49.3 cm³/mol. The molecule has 0 fully saturated rings. The Morgan fingerprint density at radius 2 is 1.83 bits per heavy atom. The maximum absolute atomic E-state index is 10.5. The number of carboxylic acid groups (broad SMARTS) is 1. The number of hydrogen-bond donors (Lipinski definition) is 1. The van der Waals surface area contributed by atoms with Gasteiger partial charge in [0.2, 0.25) is 0 Å². The van der Waals surface area contributed by atoms with Crippen molar-refractivity contribution in [2.24, 2.45) is 0 Å². The molecule has 0 rings (SSSR count). The Kier molecular flexibility index (Phi) is 5.72. The van der Waals surface area contributed by atoms with E-state index in [-0.39, 0.29) is 6.54 Å². The van der Waals surface area contributed by atoms with Gasteiger partial charge in [0.05, 0.1) is 6.54 Å². The summed E-state index contributed by atoms with van der Waals surface area (Å²) in [6.07, 6.45) is 2.05. The fourth-order valence-electron chi connectivity index (χ4n) is 1.48. The third kappa shape index (κ3) is 3.72. The summed E-state index contributed by atoms with van der Waals surface area (Å²) >= 11 is 0. The standard InChI is InChI=1S/C9H19NO2/c1-4-8(5-2)10(6-3)7-9(11)12/h8H,4-7H2,1-3H3,(H,11,12). The molecular weight excluding hydrogens is 154 g/mol. The summed E-state index contributed by atoms with van der Waals surface area (Å²) in [4.78, 5) is 12.5. The van der Waals surface area contributed by atoms with Crippen molar-refractivity contribution in [3.05, 3.63) is 0 Å². The lowest BCUT2D eigenvalue weighted by Crippen LogP contribution is -2.38. The molecule has 0 radical (unpaired) electrons. The van der Waals surface area contributed by atoms with Gasteiger partial charge in [-0.2, -0.15) is 0 Å². The van der Waals surface area contributed by atoms with E-state index in [1.165, 1.54) is 0 Å². The van der Waals surface area contributed by atoms with Crippen LogP contribution in [0.15, 0.2) is 0 Å². The van der Waals surface area contributed by atoms with E-state index < -0.39 is 5.97 Å². The van der Waals surface area contributed by atoms with Crippen molar-refractivity contribution in [1.82, 2.24) is 4.90 Å². The number of likely N-dealkylation sites (N-methyl/N-ethyl adjacent to an activating group) is 1. The fraction of sp³-hybridized carbons (Fsp3) is 0.889. The maximum Gasteiger partial charge on any atom is 0.317 e. The van der Waals surface area contributed by atoms with Crippen molar-refractivity contribution in [3.8, 4) is 0 Å². The molecule has 0 aromatic heterocycles. The number of nitrogens with zero attached hydrogens (tertiary/aromatic N) is 1. The van der Waals surface area contributed by atoms with Gasteiger partial charge in [0, 0.05) is 6.04 Å². The summed E-state index contributed by atoms with van der Waals surface area (Å²) in [5.41, 5.74) is 0. The minimum absolute atomic E-state index is 0.169. The van der Waals surface area contributed by atoms with E-state index in [1.807, 2.05) is 11.8 Å². The summed E-state index contributed by atoms with van der Waals surface area (Å²) in [7, 11) is 0. The molecule has 3 heteroatoms. The van der Waals surface area contributed by atoms with Crippen LogP contribution >= 0.6 is 0 Å². The highest BCUT2D eigenvalue weighted by molar-refractivity contribution is 5.69. The van der Waals surface area contributed by atoms with Gasteiger partial charge >= 0.3 is 5.97 Å². The summed E-state index contributed by atoms with van der Waals surface area (Å²) in [5.74, 6) is -0.733. The number of carboxylic acids is 1. The number of rotatable bonds is 6. The summed E-state index contributed by atoms with van der Waals surface area (Å²) in [6, 6.07) is 0.422. The normalized spacial score (nSPS) is 11.1. The molecule has 72 valence electrons. The van der Waals surface area contributed by atoms with Crippen LogP contribution in [0.3, 0.4) is 0 Å². The van der Waals surface area contributed by atoms with E-state index in [2.05, 4.69) is 13.8 Å². The van der Waals surface area contributed by atoms with Crippen molar-refractivity contribution >= 4 is 5.97 Å². The molecule has 0 atom stereocenters. The lowest BCUT2D eigenvalue weighted by atomic mass is 10.1. The highest BCUT2D eigenvalue weighted by atomic mass is 16.4. The van der Waals surface area contributed by atoms with Gasteiger partial charge in [0.1, 0.15) is 0 Å². The number of aliphatic carboxylic acids is 1. The summed E-state index contributed by atoms with van der Waals surface area (Å²) < 4.78 is 0. The van der Waals surface area contributed by atoms with Crippen LogP contribution < -0.4 is 0 Å². The minimum atomic E-state index is -0.733. The highest BCUT2D eigenvalue weighted by Crippen LogP contribution is 2.07. The van der Waals surface area contributed by atoms with Gasteiger partial charge in [0.15, 0.2) is 0 Å². The first-order valence-electron chi connectivity index (χ1n) is 4.61. The Hall–Kier alpha value is -0.570. The highest BCUT2D eigenvalue weighted by Gasteiger charge is 2.15. The average Bonchev–Trinajstić information content (AvgIpc) is 2.04. The molecule has 0 aliphatic carbocycles. The molecule has 0 aliphatic heterocycles. The molecule has 0 heterocycles. The Morgan fingerprint density at radius 1 is 1.33 bits per heavy atom. The van der Waals surface area contributed by atoms with E-state index in [4.69, 9.17) is 5.11 Å². The summed E-state index contributed by atoms with van der Waals surface area (Å²) in [6.45, 7) is 7.18. The van der Waals surface area contributed by atoms with E-state index in [0.29, 0.717) is 6.04 Å². The second-order valence-corrected chi connectivity index (χ2v) is 2.93. The second kappa shape index (κ2) is 6.00. The molecule has 1 N–H and O–H groups in total. The zero-order valence-electron chi connectivity index (χ0n) is 8.21. The van der Waals surface area contributed by atoms with Crippen LogP contribution in [0.2, 0.25) is 0 Å². The second-order valence-electron chi connectivity index (χ2n) is 2.93. The Morgan fingerprint density at radius 3 is 2.08 bits per heavy atom. The monoisotopic (exact) mass is 173 g/mol. The van der Waals surface area contributed by atoms with Gasteiger partial charge in [0.25, 0.3) is 0 Å². The number of hydrogen-bond acceptors (Lipinski definition) is 2. The van der Waals surface area contributed by atoms with Crippen molar-refractivity contribution in [2.45, 2.75) is 39.7 Å². The zero-order chi connectivity index (χ0) is 9.56. The fourth-order valence-corrected chi connectivity index (χ4v) is 1.48. The van der Waals surface area contributed by atoms with Gasteiger partial charge in [-0.3, -0.25) is 9.69 Å². The van der Waals surface area contributed by atoms with Crippen LogP contribution in [-0.2, 0) is 4.79 Å². The molecule has 3 nitrogen and oxygen atoms in total. The van der Waals surface area contributed by atoms with Crippen molar-refractivity contribution in [2.75, 3.05) is 13.1 Å². The largest absolute Gasteiger partial charge is 0.480 e. The van der Waals surface area contributed by atoms with Gasteiger partial charge in [-0.15, -0.1) is 0 Å². The minimum Gasteiger partial charge on any atom is -0.480 e. The molecule has 0 spiro atoms. The van der Waals surface area contributed by atoms with Crippen molar-refractivity contribution < 1.29 is 9.90 Å². The molecule has 0 amide bonds. The van der Waals surface area contributed by atoms with Crippen molar-refractivity contribution in [1.29, 1.82) is 0 Å². The van der Waals surface area contributed by atoms with Gasteiger partial charge < -0.3 is 5.11 Å². The molecule has 0 bridgehead atoms. The zero-order valence-corrected chi connectivity index (χ0v) is 8.21. The summed E-state index contributed by atoms with van der Waals surface area (Å²) in [5, 5.41) is 8.61. The predicted octanol–water partition coefficient (Wildman–Crippen LogP) is 1.58. The topological polar surface area (TPSA) is 40.5 Å². The van der Waals surface area contributed by atoms with Crippen LogP contribution in [0.25, 0.3) is 0 Å². The number of carbonyl (C=O) groups is 1. The lowest BCUT2D eigenvalue weighted by Gasteiger charge is -2.27. The van der Waals surface area contributed by atoms with E-state index in [9.17, 15) is 4.79 Å². The first-order chi connectivity index (χ1) is 5.65. The van der Waals surface area contributed by atoms with Crippen molar-refractivity contribution in [3.63, 3.8) is 0 Å². The van der Waals surface area contributed by atoms with Gasteiger partial charge in [-0.25, -0.2) is 0 Å². The molecule has 0 aromatic rings. The molecule has 0 aliphatic rings. The van der Waals surface area contributed by atoms with Crippen LogP contribution in [-0.4, -0.2) is 35.1 Å². The average molecular weight is 173 g/mol. The van der Waals surface area contributed by atoms with E-state index >= 15 is 0 Å². The SMILES string of the molecule is CCC(CC)N(CC)CC(=O)O. The molecule has 0 unspecified atom stereocenters.